The summed E-state index contributed by atoms with van der Waals surface area (Å²) in [5, 5.41) is 0. The Balaban J connectivity index is 2.23. The lowest BCUT2D eigenvalue weighted by atomic mass is 10.2. The molecule has 0 fully saturated rings. The molecular formula is C12H14OS2. The van der Waals surface area contributed by atoms with Gasteiger partial charge in [0.15, 0.2) is 0 Å². The minimum atomic E-state index is 0.813. The molecule has 80 valence electrons. The number of terminal acetylenes is 1. The second-order valence-corrected chi connectivity index (χ2v) is 5.50. The third-order valence-corrected chi connectivity index (χ3v) is 4.11. The highest BCUT2D eigenvalue weighted by molar-refractivity contribution is 8.76. The zero-order valence-corrected chi connectivity index (χ0v) is 10.4. The van der Waals surface area contributed by atoms with E-state index in [0.29, 0.717) is 0 Å². The van der Waals surface area contributed by atoms with Crippen molar-refractivity contribution in [3.05, 3.63) is 35.4 Å². The second kappa shape index (κ2) is 7.70. The fraction of sp³-hybridized carbons (Fsp3) is 0.333. The van der Waals surface area contributed by atoms with E-state index in [1.54, 1.807) is 7.11 Å². The highest BCUT2D eigenvalue weighted by atomic mass is 33.1. The molecular weight excluding hydrogens is 224 g/mol. The first kappa shape index (κ1) is 12.5. The minimum Gasteiger partial charge on any atom is -0.384 e. The molecule has 0 aliphatic heterocycles. The number of rotatable bonds is 6. The van der Waals surface area contributed by atoms with Crippen LogP contribution in [0.5, 0.6) is 0 Å². The molecule has 1 rings (SSSR count). The Morgan fingerprint density at radius 3 is 2.60 bits per heavy atom. The fourth-order valence-corrected chi connectivity index (χ4v) is 2.96. The average molecular weight is 238 g/mol. The van der Waals surface area contributed by atoms with Crippen molar-refractivity contribution in [3.8, 4) is 12.3 Å². The Kier molecular flexibility index (Phi) is 6.42. The summed E-state index contributed by atoms with van der Waals surface area (Å²) >= 11 is 0. The van der Waals surface area contributed by atoms with Gasteiger partial charge in [0.25, 0.3) is 0 Å². The van der Waals surface area contributed by atoms with Gasteiger partial charge in [0, 0.05) is 24.2 Å². The van der Waals surface area contributed by atoms with E-state index in [2.05, 4.69) is 18.1 Å². The molecule has 1 aromatic rings. The van der Waals surface area contributed by atoms with E-state index in [1.165, 1.54) is 5.56 Å². The lowest BCUT2D eigenvalue weighted by molar-refractivity contribution is 0.219. The van der Waals surface area contributed by atoms with E-state index < -0.39 is 0 Å². The molecule has 1 nitrogen and oxygen atoms in total. The maximum atomic E-state index is 5.28. The van der Waals surface area contributed by atoms with Crippen LogP contribution in [-0.4, -0.2) is 19.5 Å². The van der Waals surface area contributed by atoms with Gasteiger partial charge in [0.2, 0.25) is 0 Å². The largest absolute Gasteiger partial charge is 0.384 e. The standard InChI is InChI=1S/C12H14OS2/c1-3-11-4-6-12(7-5-11)10-15-14-9-8-13-2/h1,4-7H,8-10H2,2H3. The Bertz CT molecular complexity index is 313. The Morgan fingerprint density at radius 2 is 2.00 bits per heavy atom. The molecule has 0 aliphatic rings. The predicted molar refractivity (Wildman–Crippen MR) is 70.0 cm³/mol. The highest BCUT2D eigenvalue weighted by Gasteiger charge is 1.94. The second-order valence-electron chi connectivity index (χ2n) is 2.92. The van der Waals surface area contributed by atoms with E-state index in [9.17, 15) is 0 Å². The monoisotopic (exact) mass is 238 g/mol. The Hall–Kier alpha value is -0.560. The molecule has 0 unspecified atom stereocenters. The fourth-order valence-electron chi connectivity index (χ4n) is 0.983. The van der Waals surface area contributed by atoms with Crippen molar-refractivity contribution in [1.29, 1.82) is 0 Å². The summed E-state index contributed by atoms with van der Waals surface area (Å²) in [5.41, 5.74) is 2.25. The van der Waals surface area contributed by atoms with Crippen molar-refractivity contribution in [3.63, 3.8) is 0 Å². The first-order valence-corrected chi connectivity index (χ1v) is 7.14. The van der Waals surface area contributed by atoms with Crippen LogP contribution < -0.4 is 0 Å². The van der Waals surface area contributed by atoms with Crippen LogP contribution in [0.2, 0.25) is 0 Å². The summed E-state index contributed by atoms with van der Waals surface area (Å²) in [6.07, 6.45) is 5.28. The first-order chi connectivity index (χ1) is 7.36. The van der Waals surface area contributed by atoms with Crippen molar-refractivity contribution in [2.45, 2.75) is 5.75 Å². The van der Waals surface area contributed by atoms with Crippen LogP contribution in [0.1, 0.15) is 11.1 Å². The van der Waals surface area contributed by atoms with E-state index in [4.69, 9.17) is 11.2 Å². The Morgan fingerprint density at radius 1 is 1.27 bits per heavy atom. The number of hydrogen-bond acceptors (Lipinski definition) is 3. The van der Waals surface area contributed by atoms with Gasteiger partial charge in [-0.15, -0.1) is 6.42 Å². The number of methoxy groups -OCH3 is 1. The van der Waals surface area contributed by atoms with Crippen LogP contribution in [0.25, 0.3) is 0 Å². The molecule has 0 spiro atoms. The van der Waals surface area contributed by atoms with E-state index in [0.717, 1.165) is 23.7 Å². The molecule has 0 bridgehead atoms. The first-order valence-electron chi connectivity index (χ1n) is 4.65. The van der Waals surface area contributed by atoms with Gasteiger partial charge in [-0.1, -0.05) is 39.6 Å². The summed E-state index contributed by atoms with van der Waals surface area (Å²) in [6.45, 7) is 0.813. The van der Waals surface area contributed by atoms with E-state index >= 15 is 0 Å². The van der Waals surface area contributed by atoms with Gasteiger partial charge in [0.1, 0.15) is 0 Å². The lowest BCUT2D eigenvalue weighted by Gasteiger charge is -2.01. The van der Waals surface area contributed by atoms with E-state index in [1.807, 2.05) is 33.7 Å². The van der Waals surface area contributed by atoms with Gasteiger partial charge >= 0.3 is 0 Å². The molecule has 0 N–H and O–H groups in total. The van der Waals surface area contributed by atoms with Gasteiger partial charge in [0.05, 0.1) is 6.61 Å². The number of hydrogen-bond donors (Lipinski definition) is 0. The third kappa shape index (κ3) is 5.17. The van der Waals surface area contributed by atoms with Gasteiger partial charge in [-0.25, -0.2) is 0 Å². The van der Waals surface area contributed by atoms with Crippen LogP contribution in [0.4, 0.5) is 0 Å². The van der Waals surface area contributed by atoms with Crippen LogP contribution in [0, 0.1) is 12.3 Å². The van der Waals surface area contributed by atoms with Crippen molar-refractivity contribution in [2.75, 3.05) is 19.5 Å². The molecule has 1 aromatic carbocycles. The van der Waals surface area contributed by atoms with Crippen molar-refractivity contribution in [1.82, 2.24) is 0 Å². The molecule has 0 aliphatic carbocycles. The third-order valence-electron chi connectivity index (χ3n) is 1.80. The molecule has 0 aromatic heterocycles. The normalized spacial score (nSPS) is 9.87. The molecule has 0 heterocycles. The summed E-state index contributed by atoms with van der Waals surface area (Å²) in [5.74, 6) is 4.65. The molecule has 0 radical (unpaired) electrons. The molecule has 0 amide bonds. The van der Waals surface area contributed by atoms with Gasteiger partial charge in [-0.3, -0.25) is 0 Å². The molecule has 15 heavy (non-hydrogen) atoms. The summed E-state index contributed by atoms with van der Waals surface area (Å²) in [6, 6.07) is 8.13. The van der Waals surface area contributed by atoms with Crippen molar-refractivity contribution in [2.24, 2.45) is 0 Å². The SMILES string of the molecule is C#Cc1ccc(CSSCCOC)cc1. The molecule has 0 saturated carbocycles. The molecule has 3 heteroatoms. The van der Waals surface area contributed by atoms with Crippen LogP contribution >= 0.6 is 21.6 Å². The quantitative estimate of drug-likeness (QED) is 0.428. The molecule has 0 atom stereocenters. The summed E-state index contributed by atoms with van der Waals surface area (Å²) in [7, 11) is 5.40. The van der Waals surface area contributed by atoms with Gasteiger partial charge < -0.3 is 4.74 Å². The predicted octanol–water partition coefficient (Wildman–Crippen LogP) is 3.20. The molecule has 0 saturated heterocycles. The smallest absolute Gasteiger partial charge is 0.0561 e. The zero-order valence-electron chi connectivity index (χ0n) is 8.73. The lowest BCUT2D eigenvalue weighted by Crippen LogP contribution is -1.89. The maximum Gasteiger partial charge on any atom is 0.0561 e. The van der Waals surface area contributed by atoms with E-state index in [-0.39, 0.29) is 0 Å². The van der Waals surface area contributed by atoms with Crippen LogP contribution in [0.3, 0.4) is 0 Å². The van der Waals surface area contributed by atoms with Crippen LogP contribution in [0.15, 0.2) is 24.3 Å². The average Bonchev–Trinajstić information content (AvgIpc) is 2.30. The minimum absolute atomic E-state index is 0.813. The Labute approximate surface area is 99.4 Å². The van der Waals surface area contributed by atoms with Gasteiger partial charge in [-0.2, -0.15) is 0 Å². The summed E-state index contributed by atoms with van der Waals surface area (Å²) in [4.78, 5) is 0. The topological polar surface area (TPSA) is 9.23 Å². The number of ether oxygens (including phenoxy) is 1. The number of benzene rings is 1. The highest BCUT2D eigenvalue weighted by Crippen LogP contribution is 2.25. The zero-order chi connectivity index (χ0) is 10.9. The van der Waals surface area contributed by atoms with Crippen molar-refractivity contribution < 1.29 is 4.74 Å². The van der Waals surface area contributed by atoms with Gasteiger partial charge in [-0.05, 0) is 17.7 Å². The van der Waals surface area contributed by atoms with Crippen molar-refractivity contribution >= 4 is 21.6 Å². The summed E-state index contributed by atoms with van der Waals surface area (Å²) < 4.78 is 4.97. The maximum absolute atomic E-state index is 5.28. The van der Waals surface area contributed by atoms with Crippen LogP contribution in [-0.2, 0) is 10.5 Å².